The molecule has 0 aromatic rings. The Kier molecular flexibility index (Phi) is 7.83. The second-order valence-corrected chi connectivity index (χ2v) is 10.8. The molecule has 0 aromatic heterocycles. The fourth-order valence-corrected chi connectivity index (χ4v) is 6.54. The van der Waals surface area contributed by atoms with Gasteiger partial charge in [-0.25, -0.2) is 9.78 Å². The smallest absolute Gasteiger partial charge is 0.308 e. The van der Waals surface area contributed by atoms with Gasteiger partial charge in [-0.1, -0.05) is 13.8 Å². The number of esters is 1. The van der Waals surface area contributed by atoms with E-state index in [0.29, 0.717) is 30.8 Å². The molecule has 0 N–H and O–H groups in total. The Labute approximate surface area is 205 Å². The quantitative estimate of drug-likeness (QED) is 0.280. The molecule has 5 fully saturated rings. The van der Waals surface area contributed by atoms with Crippen LogP contribution >= 0.6 is 23.2 Å². The van der Waals surface area contributed by atoms with Crippen molar-refractivity contribution in [3.8, 4) is 0 Å². The molecule has 188 valence electrons. The summed E-state index contributed by atoms with van der Waals surface area (Å²) in [4.78, 5) is 38.5. The zero-order valence-corrected chi connectivity index (χ0v) is 21.1. The molecule has 1 saturated carbocycles. The molecule has 4 saturated heterocycles. The zero-order valence-electron chi connectivity index (χ0n) is 19.6. The average Bonchev–Trinajstić information content (AvgIpc) is 3.01. The highest BCUT2D eigenvalue weighted by molar-refractivity contribution is 6.18. The van der Waals surface area contributed by atoms with Crippen molar-refractivity contribution < 1.29 is 33.6 Å². The van der Waals surface area contributed by atoms with Crippen LogP contribution in [0.3, 0.4) is 0 Å². The molecule has 8 atom stereocenters. The lowest BCUT2D eigenvalue weighted by molar-refractivity contribution is -0.576. The van der Waals surface area contributed by atoms with Crippen molar-refractivity contribution in [2.45, 2.75) is 83.3 Å². The fourth-order valence-electron chi connectivity index (χ4n) is 6.13. The largest absolute Gasteiger partial charge is 0.435 e. The number of halogens is 2. The predicted molar refractivity (Wildman–Crippen MR) is 120 cm³/mol. The third-order valence-corrected chi connectivity index (χ3v) is 8.29. The van der Waals surface area contributed by atoms with E-state index in [9.17, 15) is 9.59 Å². The molecule has 8 nitrogen and oxygen atoms in total. The van der Waals surface area contributed by atoms with Gasteiger partial charge in [-0.2, -0.15) is 0 Å². The van der Waals surface area contributed by atoms with Gasteiger partial charge in [0, 0.05) is 49.5 Å². The lowest BCUT2D eigenvalue weighted by atomic mass is 9.58. The van der Waals surface area contributed by atoms with Crippen LogP contribution in [0.2, 0.25) is 0 Å². The molecule has 1 amide bonds. The summed E-state index contributed by atoms with van der Waals surface area (Å²) in [6.45, 7) is 6.93. The molecular formula is C23H35Cl2NO7. The molecular weight excluding hydrogens is 473 g/mol. The minimum atomic E-state index is -0.882. The van der Waals surface area contributed by atoms with Crippen LogP contribution in [-0.2, 0) is 33.6 Å². The van der Waals surface area contributed by atoms with Crippen LogP contribution in [0.1, 0.15) is 59.3 Å². The Balaban J connectivity index is 1.42. The Morgan fingerprint density at radius 2 is 1.76 bits per heavy atom. The Bertz CT molecular complexity index is 736. The van der Waals surface area contributed by atoms with E-state index in [0.717, 1.165) is 25.7 Å². The lowest BCUT2D eigenvalue weighted by Crippen LogP contribution is -2.70. The topological polar surface area (TPSA) is 83.5 Å². The normalized spacial score (nSPS) is 41.7. The summed E-state index contributed by atoms with van der Waals surface area (Å²) in [7, 11) is 0. The van der Waals surface area contributed by atoms with Crippen LogP contribution in [0, 0.1) is 23.7 Å². The van der Waals surface area contributed by atoms with E-state index in [1.807, 2.05) is 13.8 Å². The molecule has 3 unspecified atom stereocenters. The lowest BCUT2D eigenvalue weighted by Gasteiger charge is -2.59. The van der Waals surface area contributed by atoms with Gasteiger partial charge in [-0.15, -0.1) is 23.2 Å². The molecule has 33 heavy (non-hydrogen) atoms. The number of rotatable bonds is 8. The van der Waals surface area contributed by atoms with Crippen molar-refractivity contribution in [3.05, 3.63) is 0 Å². The monoisotopic (exact) mass is 507 g/mol. The number of carbonyl (C=O) groups is 2. The maximum atomic E-state index is 12.7. The van der Waals surface area contributed by atoms with Crippen molar-refractivity contribution in [1.82, 2.24) is 4.90 Å². The summed E-state index contributed by atoms with van der Waals surface area (Å²) in [5, 5.41) is 0. The summed E-state index contributed by atoms with van der Waals surface area (Å²) in [5.74, 6) is -0.221. The minimum Gasteiger partial charge on any atom is -0.435 e. The highest BCUT2D eigenvalue weighted by Gasteiger charge is 2.69. The highest BCUT2D eigenvalue weighted by atomic mass is 35.5. The number of ether oxygens (including phenoxy) is 3. The highest BCUT2D eigenvalue weighted by Crippen LogP contribution is 2.60. The number of alkyl halides is 2. The Hall–Kier alpha value is -0.640. The molecule has 1 spiro atoms. The standard InChI is InChI=1S/C23H35Cl2NO7/c1-14-4-5-17-15(2)20(29-19(28)7-6-18(27)26(12-10-24)13-11-25)30-21-23(17)16(14)8-9-22(3,31-21)32-33-23/h14-17,20-21H,4-13H2,1-3H3/t14-,15-,16?,17+,20-,21-,22?,23?/m1/s1. The first-order valence-corrected chi connectivity index (χ1v) is 13.1. The average molecular weight is 508 g/mol. The third-order valence-electron chi connectivity index (χ3n) is 7.95. The van der Waals surface area contributed by atoms with Crippen molar-refractivity contribution in [2.75, 3.05) is 24.8 Å². The molecule has 1 aliphatic carbocycles. The maximum Gasteiger partial charge on any atom is 0.308 e. The van der Waals surface area contributed by atoms with Gasteiger partial charge >= 0.3 is 5.97 Å². The summed E-state index contributed by atoms with van der Waals surface area (Å²) >= 11 is 11.5. The van der Waals surface area contributed by atoms with Gasteiger partial charge in [0.15, 0.2) is 11.9 Å². The first kappa shape index (κ1) is 25.5. The van der Waals surface area contributed by atoms with Crippen molar-refractivity contribution in [3.63, 3.8) is 0 Å². The molecule has 4 heterocycles. The fraction of sp³-hybridized carbons (Fsp3) is 0.913. The van der Waals surface area contributed by atoms with Crippen LogP contribution in [0.5, 0.6) is 0 Å². The minimum absolute atomic E-state index is 0.0369. The van der Waals surface area contributed by atoms with E-state index in [1.165, 1.54) is 0 Å². The number of fused-ring (bicyclic) bond motifs is 2. The van der Waals surface area contributed by atoms with E-state index in [-0.39, 0.29) is 36.5 Å². The molecule has 5 aliphatic rings. The second-order valence-electron chi connectivity index (χ2n) is 10.0. The molecule has 4 aliphatic heterocycles. The Morgan fingerprint density at radius 3 is 2.45 bits per heavy atom. The van der Waals surface area contributed by atoms with Gasteiger partial charge in [-0.3, -0.25) is 9.59 Å². The number of nitrogens with zero attached hydrogens (tertiary/aromatic N) is 1. The number of amides is 1. The SMILES string of the molecule is C[C@H]1[C@H](OC(=O)CCC(=O)N(CCCl)CCCl)O[C@@H]2OC3(C)CCC4[C@H](C)CC[C@@H]1C42OO3. The van der Waals surface area contributed by atoms with Gasteiger partial charge in [0.1, 0.15) is 0 Å². The van der Waals surface area contributed by atoms with Gasteiger partial charge in [-0.05, 0) is 38.0 Å². The maximum absolute atomic E-state index is 12.7. The number of hydrogen-bond donors (Lipinski definition) is 0. The van der Waals surface area contributed by atoms with Crippen molar-refractivity contribution in [1.29, 1.82) is 0 Å². The van der Waals surface area contributed by atoms with Crippen molar-refractivity contribution in [2.24, 2.45) is 23.7 Å². The number of carbonyl (C=O) groups excluding carboxylic acids is 2. The van der Waals surface area contributed by atoms with Gasteiger partial charge in [0.05, 0.1) is 6.42 Å². The summed E-state index contributed by atoms with van der Waals surface area (Å²) in [5.41, 5.74) is -0.699. The van der Waals surface area contributed by atoms with Crippen LogP contribution in [0.15, 0.2) is 0 Å². The van der Waals surface area contributed by atoms with Gasteiger partial charge in [0.25, 0.3) is 0 Å². The van der Waals surface area contributed by atoms with Crippen LogP contribution < -0.4 is 0 Å². The third kappa shape index (κ3) is 4.76. The molecule has 10 heteroatoms. The van der Waals surface area contributed by atoms with E-state index < -0.39 is 29.9 Å². The predicted octanol–water partition coefficient (Wildman–Crippen LogP) is 3.82. The first-order chi connectivity index (χ1) is 15.7. The molecule has 0 radical (unpaired) electrons. The van der Waals surface area contributed by atoms with Crippen LogP contribution in [0.4, 0.5) is 0 Å². The molecule has 0 aromatic carbocycles. The van der Waals surface area contributed by atoms with Gasteiger partial charge in [0.2, 0.25) is 18.0 Å². The molecule has 5 rings (SSSR count). The molecule has 2 bridgehead atoms. The first-order valence-electron chi connectivity index (χ1n) is 12.0. The number of hydrogen-bond acceptors (Lipinski definition) is 7. The van der Waals surface area contributed by atoms with Crippen molar-refractivity contribution >= 4 is 35.1 Å². The van der Waals surface area contributed by atoms with E-state index >= 15 is 0 Å². The summed E-state index contributed by atoms with van der Waals surface area (Å²) < 4.78 is 18.3. The Morgan fingerprint density at radius 1 is 1.03 bits per heavy atom. The van der Waals surface area contributed by atoms with Gasteiger partial charge < -0.3 is 19.1 Å². The van der Waals surface area contributed by atoms with Crippen LogP contribution in [0.25, 0.3) is 0 Å². The van der Waals surface area contributed by atoms with E-state index in [1.54, 1.807) is 4.90 Å². The summed E-state index contributed by atoms with van der Waals surface area (Å²) in [6, 6.07) is 0. The van der Waals surface area contributed by atoms with E-state index in [2.05, 4.69) is 6.92 Å². The second kappa shape index (κ2) is 10.2. The summed E-state index contributed by atoms with van der Waals surface area (Å²) in [6.07, 6.45) is 2.21. The zero-order chi connectivity index (χ0) is 23.8. The van der Waals surface area contributed by atoms with E-state index in [4.69, 9.17) is 47.2 Å². The van der Waals surface area contributed by atoms with Crippen LogP contribution in [-0.4, -0.2) is 65.6 Å².